The third kappa shape index (κ3) is 5.14. The Hall–Kier alpha value is -2.43. The van der Waals surface area contributed by atoms with Gasteiger partial charge in [-0.2, -0.15) is 11.3 Å². The summed E-state index contributed by atoms with van der Waals surface area (Å²) in [7, 11) is 0. The Morgan fingerprint density at radius 3 is 2.24 bits per heavy atom. The van der Waals surface area contributed by atoms with Crippen LogP contribution in [0.4, 0.5) is 0 Å². The van der Waals surface area contributed by atoms with E-state index >= 15 is 0 Å². The Morgan fingerprint density at radius 2 is 1.59 bits per heavy atom. The molecule has 1 aliphatic heterocycles. The van der Waals surface area contributed by atoms with Crippen molar-refractivity contribution < 1.29 is 4.79 Å². The molecule has 1 saturated heterocycles. The molecule has 0 radical (unpaired) electrons. The Kier molecular flexibility index (Phi) is 6.75. The van der Waals surface area contributed by atoms with Gasteiger partial charge in [0, 0.05) is 12.1 Å². The fraction of sp³-hybridized carbons (Fsp3) is 0.320. The van der Waals surface area contributed by atoms with Gasteiger partial charge in [-0.25, -0.2) is 0 Å². The smallest absolute Gasteiger partial charge is 0.251 e. The van der Waals surface area contributed by atoms with Crippen molar-refractivity contribution in [1.82, 2.24) is 10.2 Å². The minimum absolute atomic E-state index is 0.000312. The first-order chi connectivity index (χ1) is 14.3. The summed E-state index contributed by atoms with van der Waals surface area (Å²) < 4.78 is 0. The van der Waals surface area contributed by atoms with Gasteiger partial charge in [0.05, 0.1) is 6.04 Å². The van der Waals surface area contributed by atoms with Crippen LogP contribution in [0, 0.1) is 0 Å². The molecule has 29 heavy (non-hydrogen) atoms. The fourth-order valence-electron chi connectivity index (χ4n) is 4.07. The van der Waals surface area contributed by atoms with E-state index in [1.165, 1.54) is 31.2 Å². The van der Waals surface area contributed by atoms with Crippen LogP contribution in [0.1, 0.15) is 47.6 Å². The Bertz CT molecular complexity index is 882. The molecule has 1 amide bonds. The molecule has 3 aromatic rings. The number of amides is 1. The van der Waals surface area contributed by atoms with E-state index in [0.717, 1.165) is 24.2 Å². The molecule has 4 heteroatoms. The van der Waals surface area contributed by atoms with Crippen LogP contribution < -0.4 is 5.32 Å². The quantitative estimate of drug-likeness (QED) is 0.566. The van der Waals surface area contributed by atoms with Crippen molar-refractivity contribution in [3.05, 3.63) is 82.6 Å². The van der Waals surface area contributed by atoms with E-state index in [-0.39, 0.29) is 11.9 Å². The number of rotatable bonds is 6. The summed E-state index contributed by atoms with van der Waals surface area (Å²) in [6.07, 6.45) is 5.12. The molecule has 1 atom stereocenters. The van der Waals surface area contributed by atoms with Crippen molar-refractivity contribution in [1.29, 1.82) is 0 Å². The standard InChI is InChI=1S/C25H28N2OS/c28-25(22-12-10-21(11-13-22)20-8-4-3-5-9-20)26-18-24(23-14-17-29-19-23)27-15-6-1-2-7-16-27/h3-5,8-14,17,19,24H,1-2,6-7,15-16,18H2,(H,26,28)/t24-/m0/s1. The predicted molar refractivity (Wildman–Crippen MR) is 121 cm³/mol. The lowest BCUT2D eigenvalue weighted by Crippen LogP contribution is -2.38. The van der Waals surface area contributed by atoms with E-state index in [0.29, 0.717) is 12.1 Å². The van der Waals surface area contributed by atoms with Gasteiger partial charge < -0.3 is 5.32 Å². The van der Waals surface area contributed by atoms with Gasteiger partial charge in [0.15, 0.2) is 0 Å². The average Bonchev–Trinajstić information content (AvgIpc) is 3.17. The maximum Gasteiger partial charge on any atom is 0.251 e. The van der Waals surface area contributed by atoms with Crippen molar-refractivity contribution in [2.75, 3.05) is 19.6 Å². The highest BCUT2D eigenvalue weighted by molar-refractivity contribution is 7.08. The fourth-order valence-corrected chi connectivity index (χ4v) is 4.77. The zero-order valence-corrected chi connectivity index (χ0v) is 17.5. The molecule has 0 bridgehead atoms. The summed E-state index contributed by atoms with van der Waals surface area (Å²) in [5.74, 6) is -0.000312. The molecule has 3 nitrogen and oxygen atoms in total. The number of nitrogens with one attached hydrogen (secondary N) is 1. The van der Waals surface area contributed by atoms with Crippen LogP contribution >= 0.6 is 11.3 Å². The van der Waals surface area contributed by atoms with Crippen molar-refractivity contribution in [3.63, 3.8) is 0 Å². The first kappa shape index (κ1) is 19.9. The van der Waals surface area contributed by atoms with E-state index in [2.05, 4.69) is 39.2 Å². The summed E-state index contributed by atoms with van der Waals surface area (Å²) in [5, 5.41) is 7.54. The van der Waals surface area contributed by atoms with Gasteiger partial charge in [0.2, 0.25) is 0 Å². The Balaban J connectivity index is 1.42. The maximum atomic E-state index is 12.8. The highest BCUT2D eigenvalue weighted by Gasteiger charge is 2.22. The van der Waals surface area contributed by atoms with E-state index in [1.54, 1.807) is 11.3 Å². The summed E-state index contributed by atoms with van der Waals surface area (Å²) in [4.78, 5) is 15.3. The summed E-state index contributed by atoms with van der Waals surface area (Å²) in [6.45, 7) is 2.88. The number of likely N-dealkylation sites (tertiary alicyclic amines) is 1. The molecule has 1 N–H and O–H groups in total. The second kappa shape index (κ2) is 9.86. The molecule has 0 unspecified atom stereocenters. The second-order valence-corrected chi connectivity index (χ2v) is 8.46. The molecule has 4 rings (SSSR count). The second-order valence-electron chi connectivity index (χ2n) is 7.68. The van der Waals surface area contributed by atoms with Gasteiger partial charge in [0.25, 0.3) is 5.91 Å². The van der Waals surface area contributed by atoms with Crippen molar-refractivity contribution in [2.24, 2.45) is 0 Å². The van der Waals surface area contributed by atoms with Crippen LogP contribution in [0.25, 0.3) is 11.1 Å². The SMILES string of the molecule is O=C(NC[C@@H](c1ccsc1)N1CCCCCC1)c1ccc(-c2ccccc2)cc1. The lowest BCUT2D eigenvalue weighted by atomic mass is 10.0. The molecule has 1 fully saturated rings. The van der Waals surface area contributed by atoms with Gasteiger partial charge in [0.1, 0.15) is 0 Å². The number of thiophene rings is 1. The van der Waals surface area contributed by atoms with Crippen LogP contribution in [0.2, 0.25) is 0 Å². The van der Waals surface area contributed by atoms with Crippen molar-refractivity contribution in [2.45, 2.75) is 31.7 Å². The van der Waals surface area contributed by atoms with Crippen molar-refractivity contribution >= 4 is 17.2 Å². The third-order valence-corrected chi connectivity index (χ3v) is 6.42. The molecule has 1 aromatic heterocycles. The molecular formula is C25H28N2OS. The summed E-state index contributed by atoms with van der Waals surface area (Å²) in [6, 6.07) is 20.6. The molecular weight excluding hydrogens is 376 g/mol. The van der Waals surface area contributed by atoms with Crippen LogP contribution in [0.15, 0.2) is 71.4 Å². The lowest BCUT2D eigenvalue weighted by molar-refractivity contribution is 0.0933. The Labute approximate surface area is 177 Å². The van der Waals surface area contributed by atoms with Gasteiger partial charge >= 0.3 is 0 Å². The zero-order valence-electron chi connectivity index (χ0n) is 16.7. The van der Waals surface area contributed by atoms with Crippen LogP contribution in [-0.2, 0) is 0 Å². The first-order valence-electron chi connectivity index (χ1n) is 10.5. The monoisotopic (exact) mass is 404 g/mol. The molecule has 0 spiro atoms. The van der Waals surface area contributed by atoms with Crippen molar-refractivity contribution in [3.8, 4) is 11.1 Å². The zero-order chi connectivity index (χ0) is 19.9. The largest absolute Gasteiger partial charge is 0.350 e. The minimum atomic E-state index is -0.000312. The van der Waals surface area contributed by atoms with Gasteiger partial charge in [-0.05, 0) is 71.6 Å². The van der Waals surface area contributed by atoms with Crippen LogP contribution in [-0.4, -0.2) is 30.4 Å². The number of hydrogen-bond acceptors (Lipinski definition) is 3. The molecule has 2 heterocycles. The topological polar surface area (TPSA) is 32.3 Å². The maximum absolute atomic E-state index is 12.8. The normalized spacial score (nSPS) is 16.1. The summed E-state index contributed by atoms with van der Waals surface area (Å²) >= 11 is 1.73. The minimum Gasteiger partial charge on any atom is -0.350 e. The molecule has 1 aliphatic rings. The Morgan fingerprint density at radius 1 is 0.897 bits per heavy atom. The average molecular weight is 405 g/mol. The van der Waals surface area contributed by atoms with Gasteiger partial charge in [-0.1, -0.05) is 55.3 Å². The highest BCUT2D eigenvalue weighted by atomic mass is 32.1. The van der Waals surface area contributed by atoms with Gasteiger partial charge in [-0.15, -0.1) is 0 Å². The lowest BCUT2D eigenvalue weighted by Gasteiger charge is -2.30. The number of benzene rings is 2. The molecule has 0 saturated carbocycles. The summed E-state index contributed by atoms with van der Waals surface area (Å²) in [5.41, 5.74) is 4.32. The number of carbonyl (C=O) groups is 1. The number of hydrogen-bond donors (Lipinski definition) is 1. The van der Waals surface area contributed by atoms with E-state index in [9.17, 15) is 4.79 Å². The van der Waals surface area contributed by atoms with E-state index in [1.807, 2.05) is 42.5 Å². The van der Waals surface area contributed by atoms with Crippen LogP contribution in [0.5, 0.6) is 0 Å². The molecule has 2 aromatic carbocycles. The van der Waals surface area contributed by atoms with E-state index in [4.69, 9.17) is 0 Å². The van der Waals surface area contributed by atoms with E-state index < -0.39 is 0 Å². The number of carbonyl (C=O) groups excluding carboxylic acids is 1. The first-order valence-corrected chi connectivity index (χ1v) is 11.5. The number of nitrogens with zero attached hydrogens (tertiary/aromatic N) is 1. The molecule has 150 valence electrons. The highest BCUT2D eigenvalue weighted by Crippen LogP contribution is 2.26. The third-order valence-electron chi connectivity index (χ3n) is 5.72. The van der Waals surface area contributed by atoms with Gasteiger partial charge in [-0.3, -0.25) is 9.69 Å². The predicted octanol–water partition coefficient (Wildman–Crippen LogP) is 5.76. The van der Waals surface area contributed by atoms with Crippen LogP contribution in [0.3, 0.4) is 0 Å². The molecule has 0 aliphatic carbocycles.